The van der Waals surface area contributed by atoms with Crippen LogP contribution < -0.4 is 0 Å². The Balaban J connectivity index is 1.19. The predicted octanol–water partition coefficient (Wildman–Crippen LogP) is 2.72. The standard InChI is InChI=1S/C25H35N3O4/c1-17-6-7-21-22(13-17)25(31)28(24(21)30)10-4-5-23(29)27-11-8-20(9-12-27)16-26-14-18(2)32-19(3)15-26/h6-7,13,18-20H,4-5,8-12,14-16H2,1-3H3. The van der Waals surface area contributed by atoms with Gasteiger partial charge in [-0.05, 0) is 58.1 Å². The highest BCUT2D eigenvalue weighted by Gasteiger charge is 2.35. The number of hydrogen-bond donors (Lipinski definition) is 0. The normalized spacial score (nSPS) is 24.8. The van der Waals surface area contributed by atoms with E-state index in [0.29, 0.717) is 36.4 Å². The largest absolute Gasteiger partial charge is 0.373 e. The number of benzene rings is 1. The quantitative estimate of drug-likeness (QED) is 0.635. The molecule has 2 saturated heterocycles. The third kappa shape index (κ3) is 5.04. The van der Waals surface area contributed by atoms with Crippen LogP contribution in [-0.2, 0) is 9.53 Å². The SMILES string of the molecule is Cc1ccc2c(c1)C(=O)N(CCCC(=O)N1CCC(CN3CC(C)OC(C)C3)CC1)C2=O. The lowest BCUT2D eigenvalue weighted by atomic mass is 9.95. The monoisotopic (exact) mass is 441 g/mol. The van der Waals surface area contributed by atoms with Crippen molar-refractivity contribution in [2.45, 2.75) is 58.7 Å². The van der Waals surface area contributed by atoms with Gasteiger partial charge in [0.15, 0.2) is 0 Å². The lowest BCUT2D eigenvalue weighted by molar-refractivity contribution is -0.133. The molecule has 3 amide bonds. The van der Waals surface area contributed by atoms with Gasteiger partial charge in [-0.25, -0.2) is 0 Å². The number of aryl methyl sites for hydroxylation is 1. The minimum absolute atomic E-state index is 0.129. The van der Waals surface area contributed by atoms with Crippen molar-refractivity contribution >= 4 is 17.7 Å². The lowest BCUT2D eigenvalue weighted by Gasteiger charge is -2.39. The molecule has 0 aromatic heterocycles. The topological polar surface area (TPSA) is 70.2 Å². The molecule has 2 atom stereocenters. The second-order valence-corrected chi connectivity index (χ2v) is 9.71. The molecule has 0 saturated carbocycles. The van der Waals surface area contributed by atoms with Gasteiger partial charge in [-0.1, -0.05) is 11.6 Å². The average Bonchev–Trinajstić information content (AvgIpc) is 2.97. The van der Waals surface area contributed by atoms with Crippen LogP contribution >= 0.6 is 0 Å². The van der Waals surface area contributed by atoms with E-state index < -0.39 is 0 Å². The van der Waals surface area contributed by atoms with Gasteiger partial charge >= 0.3 is 0 Å². The molecule has 0 radical (unpaired) electrons. The summed E-state index contributed by atoms with van der Waals surface area (Å²) in [5.74, 6) is 0.265. The molecule has 3 aliphatic heterocycles. The molecule has 174 valence electrons. The molecule has 2 unspecified atom stereocenters. The molecule has 32 heavy (non-hydrogen) atoms. The Labute approximate surface area is 190 Å². The Hall–Kier alpha value is -2.25. The van der Waals surface area contributed by atoms with Crippen LogP contribution in [-0.4, -0.2) is 83.9 Å². The first kappa shape index (κ1) is 22.9. The number of rotatable bonds is 6. The Morgan fingerprint density at radius 1 is 1.03 bits per heavy atom. The second-order valence-electron chi connectivity index (χ2n) is 9.71. The zero-order valence-corrected chi connectivity index (χ0v) is 19.5. The fourth-order valence-corrected chi connectivity index (χ4v) is 5.32. The summed E-state index contributed by atoms with van der Waals surface area (Å²) in [5, 5.41) is 0. The van der Waals surface area contributed by atoms with Crippen molar-refractivity contribution in [3.8, 4) is 0 Å². The maximum atomic E-state index is 12.7. The zero-order valence-electron chi connectivity index (χ0n) is 19.5. The van der Waals surface area contributed by atoms with E-state index in [4.69, 9.17) is 4.74 Å². The van der Waals surface area contributed by atoms with Crippen molar-refractivity contribution < 1.29 is 19.1 Å². The van der Waals surface area contributed by atoms with Crippen LogP contribution in [0, 0.1) is 12.8 Å². The number of fused-ring (bicyclic) bond motifs is 1. The number of carbonyl (C=O) groups is 3. The van der Waals surface area contributed by atoms with Gasteiger partial charge < -0.3 is 9.64 Å². The molecule has 0 spiro atoms. The van der Waals surface area contributed by atoms with E-state index in [9.17, 15) is 14.4 Å². The van der Waals surface area contributed by atoms with E-state index in [1.165, 1.54) is 4.90 Å². The number of amides is 3. The van der Waals surface area contributed by atoms with Gasteiger partial charge in [0.05, 0.1) is 23.3 Å². The van der Waals surface area contributed by atoms with Gasteiger partial charge in [0.2, 0.25) is 5.91 Å². The maximum absolute atomic E-state index is 12.7. The van der Waals surface area contributed by atoms with Gasteiger partial charge in [-0.15, -0.1) is 0 Å². The molecule has 2 fully saturated rings. The van der Waals surface area contributed by atoms with Crippen LogP contribution in [0.5, 0.6) is 0 Å². The Bertz CT molecular complexity index is 868. The summed E-state index contributed by atoms with van der Waals surface area (Å²) in [6.45, 7) is 11.1. The molecule has 7 heteroatoms. The van der Waals surface area contributed by atoms with Gasteiger partial charge in [0.1, 0.15) is 0 Å². The molecule has 1 aromatic rings. The first-order valence-corrected chi connectivity index (χ1v) is 11.9. The fraction of sp³-hybridized carbons (Fsp3) is 0.640. The second kappa shape index (κ2) is 9.71. The Kier molecular flexibility index (Phi) is 6.96. The van der Waals surface area contributed by atoms with E-state index in [0.717, 1.165) is 51.1 Å². The molecule has 7 nitrogen and oxygen atoms in total. The molecule has 0 N–H and O–H groups in total. The number of likely N-dealkylation sites (tertiary alicyclic amines) is 1. The summed E-state index contributed by atoms with van der Waals surface area (Å²) in [6.07, 6.45) is 3.51. The average molecular weight is 442 g/mol. The van der Waals surface area contributed by atoms with E-state index in [1.807, 2.05) is 17.9 Å². The van der Waals surface area contributed by atoms with Crippen molar-refractivity contribution in [3.63, 3.8) is 0 Å². The lowest BCUT2D eigenvalue weighted by Crippen LogP contribution is -2.48. The zero-order chi connectivity index (χ0) is 22.8. The van der Waals surface area contributed by atoms with Crippen molar-refractivity contribution in [3.05, 3.63) is 34.9 Å². The maximum Gasteiger partial charge on any atom is 0.261 e. The Morgan fingerprint density at radius 2 is 1.69 bits per heavy atom. The smallest absolute Gasteiger partial charge is 0.261 e. The van der Waals surface area contributed by atoms with Crippen molar-refractivity contribution in [2.24, 2.45) is 5.92 Å². The summed E-state index contributed by atoms with van der Waals surface area (Å²) >= 11 is 0. The molecule has 4 rings (SSSR count). The minimum Gasteiger partial charge on any atom is -0.373 e. The highest BCUT2D eigenvalue weighted by atomic mass is 16.5. The highest BCUT2D eigenvalue weighted by molar-refractivity contribution is 6.21. The summed E-state index contributed by atoms with van der Waals surface area (Å²) in [7, 11) is 0. The molecule has 0 bridgehead atoms. The summed E-state index contributed by atoms with van der Waals surface area (Å²) < 4.78 is 5.83. The molecule has 0 aliphatic carbocycles. The van der Waals surface area contributed by atoms with Crippen molar-refractivity contribution in [2.75, 3.05) is 39.3 Å². The van der Waals surface area contributed by atoms with Crippen LogP contribution in [0.3, 0.4) is 0 Å². The number of carbonyl (C=O) groups excluding carboxylic acids is 3. The third-order valence-corrected chi connectivity index (χ3v) is 6.88. The van der Waals surface area contributed by atoms with Crippen molar-refractivity contribution in [1.29, 1.82) is 0 Å². The van der Waals surface area contributed by atoms with Crippen LogP contribution in [0.25, 0.3) is 0 Å². The van der Waals surface area contributed by atoms with E-state index in [2.05, 4.69) is 18.7 Å². The van der Waals surface area contributed by atoms with Crippen LogP contribution in [0.4, 0.5) is 0 Å². The Morgan fingerprint density at radius 3 is 2.38 bits per heavy atom. The summed E-state index contributed by atoms with van der Waals surface area (Å²) in [4.78, 5) is 43.5. The first-order chi connectivity index (χ1) is 15.3. The van der Waals surface area contributed by atoms with E-state index in [1.54, 1.807) is 12.1 Å². The van der Waals surface area contributed by atoms with Crippen LogP contribution in [0.15, 0.2) is 18.2 Å². The van der Waals surface area contributed by atoms with Crippen LogP contribution in [0.1, 0.15) is 65.8 Å². The molecule has 3 aliphatic rings. The van der Waals surface area contributed by atoms with E-state index in [-0.39, 0.29) is 29.9 Å². The predicted molar refractivity (Wildman–Crippen MR) is 122 cm³/mol. The van der Waals surface area contributed by atoms with Crippen LogP contribution in [0.2, 0.25) is 0 Å². The first-order valence-electron chi connectivity index (χ1n) is 11.9. The van der Waals surface area contributed by atoms with Crippen molar-refractivity contribution in [1.82, 2.24) is 14.7 Å². The van der Waals surface area contributed by atoms with E-state index >= 15 is 0 Å². The van der Waals surface area contributed by atoms with Gasteiger partial charge in [-0.2, -0.15) is 0 Å². The number of piperidine rings is 1. The number of nitrogens with zero attached hydrogens (tertiary/aromatic N) is 3. The molecule has 3 heterocycles. The number of morpholine rings is 1. The number of imide groups is 1. The van der Waals surface area contributed by atoms with Gasteiger partial charge in [-0.3, -0.25) is 24.2 Å². The van der Waals surface area contributed by atoms with Gasteiger partial charge in [0, 0.05) is 45.7 Å². The van der Waals surface area contributed by atoms with Gasteiger partial charge in [0.25, 0.3) is 11.8 Å². The molecule has 1 aromatic carbocycles. The fourth-order valence-electron chi connectivity index (χ4n) is 5.32. The highest BCUT2D eigenvalue weighted by Crippen LogP contribution is 2.25. The minimum atomic E-state index is -0.245. The number of hydrogen-bond acceptors (Lipinski definition) is 5. The summed E-state index contributed by atoms with van der Waals surface area (Å²) in [5.41, 5.74) is 1.91. The molecular weight excluding hydrogens is 406 g/mol. The summed E-state index contributed by atoms with van der Waals surface area (Å²) in [6, 6.07) is 5.34. The third-order valence-electron chi connectivity index (χ3n) is 6.88. The molecular formula is C25H35N3O4. The number of ether oxygens (including phenoxy) is 1.